The number of nitrogens with zero attached hydrogens (tertiary/aromatic N) is 7. The fourth-order valence-electron chi connectivity index (χ4n) is 3.62. The topological polar surface area (TPSA) is 108 Å². The van der Waals surface area contributed by atoms with Gasteiger partial charge in [0.1, 0.15) is 5.56 Å². The molecule has 0 aromatic carbocycles. The lowest BCUT2D eigenvalue weighted by Crippen LogP contribution is -2.49. The van der Waals surface area contributed by atoms with Gasteiger partial charge in [0.15, 0.2) is 11.5 Å². The SMILES string of the molecule is CN(C)CN1CCN(c2ccncc2NC(=O)c2c(N)nn3cc(Cl)cnc23)CC1. The molecule has 0 atom stereocenters. The first-order valence-electron chi connectivity index (χ1n) is 9.59. The third-order valence-electron chi connectivity index (χ3n) is 4.94. The Balaban J connectivity index is 1.54. The monoisotopic (exact) mass is 429 g/mol. The minimum absolute atomic E-state index is 0.0880. The van der Waals surface area contributed by atoms with E-state index < -0.39 is 5.91 Å². The van der Waals surface area contributed by atoms with Crippen molar-refractivity contribution in [2.24, 2.45) is 0 Å². The van der Waals surface area contributed by atoms with Gasteiger partial charge in [-0.2, -0.15) is 0 Å². The van der Waals surface area contributed by atoms with Crippen molar-refractivity contribution in [1.82, 2.24) is 29.4 Å². The maximum Gasteiger partial charge on any atom is 0.263 e. The predicted molar refractivity (Wildman–Crippen MR) is 117 cm³/mol. The van der Waals surface area contributed by atoms with Crippen LogP contribution in [0.15, 0.2) is 30.9 Å². The zero-order valence-electron chi connectivity index (χ0n) is 16.9. The Bertz CT molecular complexity index is 1060. The number of hydrogen-bond acceptors (Lipinski definition) is 8. The molecular weight excluding hydrogens is 406 g/mol. The van der Waals surface area contributed by atoms with Crippen LogP contribution in [0.2, 0.25) is 5.02 Å². The van der Waals surface area contributed by atoms with Crippen LogP contribution in [0.3, 0.4) is 0 Å². The van der Waals surface area contributed by atoms with Gasteiger partial charge in [-0.15, -0.1) is 5.10 Å². The van der Waals surface area contributed by atoms with Gasteiger partial charge in [0.25, 0.3) is 5.91 Å². The molecule has 0 saturated carbocycles. The standard InChI is InChI=1S/C19H24ClN9O/c1-26(2)12-27-5-7-28(8-6-27)15-3-4-22-10-14(15)24-19(30)16-17(21)25-29-11-13(20)9-23-18(16)29/h3-4,9-11H,5-8,12H2,1-2H3,(H2,21,25)(H,24,30). The number of fused-ring (bicyclic) bond motifs is 1. The van der Waals surface area contributed by atoms with Crippen molar-refractivity contribution in [3.05, 3.63) is 41.4 Å². The second kappa shape index (κ2) is 8.42. The Labute approximate surface area is 179 Å². The molecular formula is C19H24ClN9O. The predicted octanol–water partition coefficient (Wildman–Crippen LogP) is 1.25. The highest BCUT2D eigenvalue weighted by Gasteiger charge is 2.23. The van der Waals surface area contributed by atoms with E-state index >= 15 is 0 Å². The lowest BCUT2D eigenvalue weighted by Gasteiger charge is -2.37. The van der Waals surface area contributed by atoms with Crippen LogP contribution >= 0.6 is 11.6 Å². The molecule has 0 radical (unpaired) electrons. The summed E-state index contributed by atoms with van der Waals surface area (Å²) in [6.07, 6.45) is 6.38. The van der Waals surface area contributed by atoms with Crippen molar-refractivity contribution >= 4 is 40.3 Å². The van der Waals surface area contributed by atoms with E-state index in [9.17, 15) is 4.79 Å². The molecule has 10 nitrogen and oxygen atoms in total. The Kier molecular flexibility index (Phi) is 5.71. The van der Waals surface area contributed by atoms with Crippen LogP contribution < -0.4 is 16.0 Å². The normalized spacial score (nSPS) is 15.1. The maximum atomic E-state index is 13.0. The number of carbonyl (C=O) groups excluding carboxylic acids is 1. The number of aromatic nitrogens is 4. The summed E-state index contributed by atoms with van der Waals surface area (Å²) in [7, 11) is 4.13. The van der Waals surface area contributed by atoms with Gasteiger partial charge in [0.2, 0.25) is 0 Å². The third-order valence-corrected chi connectivity index (χ3v) is 5.13. The summed E-state index contributed by atoms with van der Waals surface area (Å²) < 4.78 is 1.40. The molecule has 0 unspecified atom stereocenters. The Morgan fingerprint density at radius 3 is 2.77 bits per heavy atom. The van der Waals surface area contributed by atoms with Crippen LogP contribution in [0, 0.1) is 0 Å². The van der Waals surface area contributed by atoms with E-state index in [1.54, 1.807) is 18.6 Å². The molecule has 1 amide bonds. The highest BCUT2D eigenvalue weighted by molar-refractivity contribution is 6.30. The maximum absolute atomic E-state index is 13.0. The number of hydrogen-bond donors (Lipinski definition) is 2. The first kappa shape index (κ1) is 20.3. The molecule has 3 N–H and O–H groups in total. The molecule has 1 saturated heterocycles. The minimum Gasteiger partial charge on any atom is -0.381 e. The first-order valence-corrected chi connectivity index (χ1v) is 9.97. The van der Waals surface area contributed by atoms with Gasteiger partial charge >= 0.3 is 0 Å². The van der Waals surface area contributed by atoms with Crippen LogP contribution in [0.1, 0.15) is 10.4 Å². The Morgan fingerprint density at radius 1 is 1.27 bits per heavy atom. The molecule has 1 aliphatic rings. The Hall–Kier alpha value is -2.95. The van der Waals surface area contributed by atoms with E-state index in [-0.39, 0.29) is 11.4 Å². The number of carbonyl (C=O) groups is 1. The zero-order chi connectivity index (χ0) is 21.3. The van der Waals surface area contributed by atoms with Crippen LogP contribution in [0.25, 0.3) is 5.65 Å². The van der Waals surface area contributed by atoms with Gasteiger partial charge in [-0.25, -0.2) is 9.50 Å². The first-order chi connectivity index (χ1) is 14.4. The quantitative estimate of drug-likeness (QED) is 0.624. The van der Waals surface area contributed by atoms with Crippen molar-refractivity contribution in [3.63, 3.8) is 0 Å². The lowest BCUT2D eigenvalue weighted by molar-refractivity contribution is 0.102. The number of nitrogens with one attached hydrogen (secondary N) is 1. The van der Waals surface area contributed by atoms with Crippen molar-refractivity contribution in [2.75, 3.05) is 62.9 Å². The molecule has 30 heavy (non-hydrogen) atoms. The van der Waals surface area contributed by atoms with Gasteiger partial charge in [0.05, 0.1) is 35.5 Å². The molecule has 4 rings (SSSR count). The average molecular weight is 430 g/mol. The van der Waals surface area contributed by atoms with E-state index in [1.165, 1.54) is 10.7 Å². The molecule has 0 spiro atoms. The highest BCUT2D eigenvalue weighted by atomic mass is 35.5. The molecule has 1 aliphatic heterocycles. The number of pyridine rings is 1. The second-order valence-electron chi connectivity index (χ2n) is 7.47. The van der Waals surface area contributed by atoms with E-state index in [0.29, 0.717) is 16.4 Å². The number of nitrogen functional groups attached to an aromatic ring is 1. The van der Waals surface area contributed by atoms with E-state index in [2.05, 4.69) is 49.2 Å². The largest absolute Gasteiger partial charge is 0.381 e. The van der Waals surface area contributed by atoms with Crippen LogP contribution in [-0.2, 0) is 0 Å². The highest BCUT2D eigenvalue weighted by Crippen LogP contribution is 2.27. The summed E-state index contributed by atoms with van der Waals surface area (Å²) in [6.45, 7) is 4.54. The number of nitrogens with two attached hydrogens (primary N) is 1. The second-order valence-corrected chi connectivity index (χ2v) is 7.91. The van der Waals surface area contributed by atoms with Gasteiger partial charge < -0.3 is 16.0 Å². The molecule has 11 heteroatoms. The molecule has 1 fully saturated rings. The number of rotatable bonds is 5. The molecule has 0 bridgehead atoms. The van der Waals surface area contributed by atoms with E-state index in [0.717, 1.165) is 38.5 Å². The minimum atomic E-state index is -0.391. The summed E-state index contributed by atoms with van der Waals surface area (Å²) >= 11 is 5.95. The summed E-state index contributed by atoms with van der Waals surface area (Å²) in [4.78, 5) is 28.2. The van der Waals surface area contributed by atoms with E-state index in [1.807, 2.05) is 6.07 Å². The van der Waals surface area contributed by atoms with Gasteiger partial charge in [-0.3, -0.25) is 19.6 Å². The van der Waals surface area contributed by atoms with Crippen molar-refractivity contribution in [1.29, 1.82) is 0 Å². The molecule has 158 valence electrons. The summed E-state index contributed by atoms with van der Waals surface area (Å²) in [5, 5.41) is 7.46. The number of halogens is 1. The number of piperazine rings is 1. The smallest absolute Gasteiger partial charge is 0.263 e. The summed E-state index contributed by atoms with van der Waals surface area (Å²) in [5.74, 6) is -0.303. The van der Waals surface area contributed by atoms with Gasteiger partial charge in [-0.1, -0.05) is 11.6 Å². The Morgan fingerprint density at radius 2 is 2.03 bits per heavy atom. The van der Waals surface area contributed by atoms with Crippen LogP contribution in [0.4, 0.5) is 17.2 Å². The van der Waals surface area contributed by atoms with Crippen LogP contribution in [0.5, 0.6) is 0 Å². The van der Waals surface area contributed by atoms with Crippen molar-refractivity contribution in [2.45, 2.75) is 0 Å². The lowest BCUT2D eigenvalue weighted by atomic mass is 10.2. The molecule has 3 aromatic rings. The van der Waals surface area contributed by atoms with E-state index in [4.69, 9.17) is 17.3 Å². The molecule has 4 heterocycles. The fourth-order valence-corrected chi connectivity index (χ4v) is 3.76. The number of anilines is 3. The number of amides is 1. The van der Waals surface area contributed by atoms with Crippen molar-refractivity contribution < 1.29 is 4.79 Å². The van der Waals surface area contributed by atoms with Gasteiger partial charge in [0, 0.05) is 38.6 Å². The zero-order valence-corrected chi connectivity index (χ0v) is 17.7. The summed E-state index contributed by atoms with van der Waals surface area (Å²) in [6, 6.07) is 1.91. The van der Waals surface area contributed by atoms with Gasteiger partial charge in [-0.05, 0) is 20.2 Å². The van der Waals surface area contributed by atoms with Crippen LogP contribution in [-0.4, -0.2) is 82.2 Å². The molecule has 3 aromatic heterocycles. The summed E-state index contributed by atoms with van der Waals surface area (Å²) in [5.41, 5.74) is 8.08. The van der Waals surface area contributed by atoms with Crippen molar-refractivity contribution in [3.8, 4) is 0 Å². The average Bonchev–Trinajstić information content (AvgIpc) is 3.03. The molecule has 0 aliphatic carbocycles. The fraction of sp³-hybridized carbons (Fsp3) is 0.368. The third kappa shape index (κ3) is 4.16.